The lowest BCUT2D eigenvalue weighted by molar-refractivity contribution is 0.879. The summed E-state index contributed by atoms with van der Waals surface area (Å²) in [5.74, 6) is 0.351. The molecule has 0 saturated heterocycles. The number of aryl methyl sites for hydroxylation is 2. The summed E-state index contributed by atoms with van der Waals surface area (Å²) >= 11 is 0. The number of nitrogens with one attached hydrogen (secondary N) is 2. The molecule has 1 aromatic heterocycles. The quantitative estimate of drug-likeness (QED) is 0.627. The first-order valence-corrected chi connectivity index (χ1v) is 5.45. The van der Waals surface area contributed by atoms with Crippen molar-refractivity contribution in [3.05, 3.63) is 51.6 Å². The Morgan fingerprint density at radius 2 is 2.11 bits per heavy atom. The molecule has 1 aromatic carbocycles. The molecular formula is C12H13N5O. The molecule has 0 saturated carbocycles. The maximum atomic E-state index is 11.0. The Balaban J connectivity index is 2.15. The molecule has 6 heteroatoms. The van der Waals surface area contributed by atoms with Crippen LogP contribution < -0.4 is 11.1 Å². The minimum Gasteiger partial charge on any atom is -0.260 e. The number of benzene rings is 1. The Kier molecular flexibility index (Phi) is 3.47. The normalized spacial score (nSPS) is 10.8. The van der Waals surface area contributed by atoms with Gasteiger partial charge in [0.1, 0.15) is 5.69 Å². The van der Waals surface area contributed by atoms with Gasteiger partial charge in [-0.2, -0.15) is 15.2 Å². The molecule has 92 valence electrons. The van der Waals surface area contributed by atoms with Crippen LogP contribution in [0.5, 0.6) is 0 Å². The average Bonchev–Trinajstić information content (AvgIpc) is 2.36. The number of hydrogen-bond acceptors (Lipinski definition) is 5. The predicted molar refractivity (Wildman–Crippen MR) is 69.8 cm³/mol. The van der Waals surface area contributed by atoms with E-state index in [1.807, 2.05) is 31.2 Å². The lowest BCUT2D eigenvalue weighted by atomic mass is 10.1. The third-order valence-corrected chi connectivity index (χ3v) is 2.44. The van der Waals surface area contributed by atoms with Crippen LogP contribution >= 0.6 is 0 Å². The van der Waals surface area contributed by atoms with Gasteiger partial charge in [-0.1, -0.05) is 24.3 Å². The second kappa shape index (κ2) is 5.22. The molecule has 18 heavy (non-hydrogen) atoms. The molecule has 0 spiro atoms. The molecule has 0 unspecified atom stereocenters. The molecule has 1 heterocycles. The van der Waals surface area contributed by atoms with Crippen LogP contribution in [0.25, 0.3) is 0 Å². The number of aromatic amines is 1. The first-order valence-electron chi connectivity index (χ1n) is 5.45. The smallest absolute Gasteiger partial charge is 0.260 e. The van der Waals surface area contributed by atoms with E-state index in [4.69, 9.17) is 0 Å². The zero-order chi connectivity index (χ0) is 13.0. The van der Waals surface area contributed by atoms with Crippen LogP contribution in [0, 0.1) is 13.8 Å². The second-order valence-corrected chi connectivity index (χ2v) is 3.80. The average molecular weight is 243 g/mol. The highest BCUT2D eigenvalue weighted by atomic mass is 16.1. The van der Waals surface area contributed by atoms with Gasteiger partial charge in [0, 0.05) is 0 Å². The minimum atomic E-state index is -0.505. The molecule has 0 atom stereocenters. The van der Waals surface area contributed by atoms with E-state index in [-0.39, 0.29) is 0 Å². The maximum Gasteiger partial charge on any atom is 0.363 e. The summed E-state index contributed by atoms with van der Waals surface area (Å²) in [4.78, 5) is 14.7. The van der Waals surface area contributed by atoms with Crippen molar-refractivity contribution in [1.29, 1.82) is 0 Å². The van der Waals surface area contributed by atoms with Gasteiger partial charge in [0.15, 0.2) is 5.82 Å². The van der Waals surface area contributed by atoms with Crippen LogP contribution in [0.4, 0.5) is 5.82 Å². The third-order valence-electron chi connectivity index (χ3n) is 2.44. The van der Waals surface area contributed by atoms with Crippen molar-refractivity contribution in [2.24, 2.45) is 5.10 Å². The standard InChI is InChI=1S/C12H13N5O/c1-8-5-3-4-6-10(8)7-13-16-11-9(2)15-17-12(18)14-11/h3-7H,1-2H3,(H2,14,16,17,18)/b13-7+. The summed E-state index contributed by atoms with van der Waals surface area (Å²) in [5, 5.41) is 10.1. The van der Waals surface area contributed by atoms with E-state index in [2.05, 4.69) is 25.7 Å². The SMILES string of the molecule is Cc1ccccc1/C=N/Nc1nc(=O)[nH]nc1C. The molecule has 0 radical (unpaired) electrons. The van der Waals surface area contributed by atoms with E-state index in [0.29, 0.717) is 11.5 Å². The summed E-state index contributed by atoms with van der Waals surface area (Å²) in [6.07, 6.45) is 1.68. The monoisotopic (exact) mass is 243 g/mol. The van der Waals surface area contributed by atoms with E-state index in [1.165, 1.54) is 0 Å². The van der Waals surface area contributed by atoms with Gasteiger partial charge in [0.05, 0.1) is 6.21 Å². The summed E-state index contributed by atoms with van der Waals surface area (Å²) in [7, 11) is 0. The van der Waals surface area contributed by atoms with Crippen LogP contribution in [-0.2, 0) is 0 Å². The number of anilines is 1. The van der Waals surface area contributed by atoms with Crippen molar-refractivity contribution >= 4 is 12.0 Å². The van der Waals surface area contributed by atoms with Gasteiger partial charge >= 0.3 is 5.69 Å². The van der Waals surface area contributed by atoms with Crippen molar-refractivity contribution in [1.82, 2.24) is 15.2 Å². The Morgan fingerprint density at radius 1 is 1.33 bits per heavy atom. The van der Waals surface area contributed by atoms with Gasteiger partial charge in [0.2, 0.25) is 0 Å². The Labute approximate surface area is 104 Å². The van der Waals surface area contributed by atoms with Crippen molar-refractivity contribution < 1.29 is 0 Å². The lowest BCUT2D eigenvalue weighted by Gasteiger charge is -2.01. The van der Waals surface area contributed by atoms with Crippen LogP contribution in [0.2, 0.25) is 0 Å². The molecule has 2 aromatic rings. The molecule has 6 nitrogen and oxygen atoms in total. The third kappa shape index (κ3) is 2.79. The molecule has 2 N–H and O–H groups in total. The van der Waals surface area contributed by atoms with Crippen molar-refractivity contribution in [2.45, 2.75) is 13.8 Å². The first-order chi connectivity index (χ1) is 8.66. The maximum absolute atomic E-state index is 11.0. The fourth-order valence-corrected chi connectivity index (χ4v) is 1.39. The molecule has 0 bridgehead atoms. The number of rotatable bonds is 3. The van der Waals surface area contributed by atoms with Gasteiger partial charge in [0.25, 0.3) is 0 Å². The Morgan fingerprint density at radius 3 is 2.89 bits per heavy atom. The number of aromatic nitrogens is 3. The highest BCUT2D eigenvalue weighted by Crippen LogP contribution is 2.05. The summed E-state index contributed by atoms with van der Waals surface area (Å²) < 4.78 is 0. The van der Waals surface area contributed by atoms with Gasteiger partial charge in [-0.25, -0.2) is 9.89 Å². The molecule has 0 aliphatic carbocycles. The van der Waals surface area contributed by atoms with Gasteiger partial charge in [-0.15, -0.1) is 0 Å². The van der Waals surface area contributed by atoms with Crippen molar-refractivity contribution in [3.8, 4) is 0 Å². The van der Waals surface area contributed by atoms with E-state index >= 15 is 0 Å². The fraction of sp³-hybridized carbons (Fsp3) is 0.167. The van der Waals surface area contributed by atoms with E-state index in [0.717, 1.165) is 11.1 Å². The Hall–Kier alpha value is -2.50. The number of H-pyrrole nitrogens is 1. The highest BCUT2D eigenvalue weighted by Gasteiger charge is 2.00. The van der Waals surface area contributed by atoms with E-state index in [1.54, 1.807) is 13.1 Å². The Bertz CT molecular complexity index is 632. The number of hydrazone groups is 1. The fourth-order valence-electron chi connectivity index (χ4n) is 1.39. The highest BCUT2D eigenvalue weighted by molar-refractivity contribution is 5.82. The minimum absolute atomic E-state index is 0.351. The molecule has 2 rings (SSSR count). The molecule has 0 amide bonds. The van der Waals surface area contributed by atoms with Crippen LogP contribution in [0.3, 0.4) is 0 Å². The van der Waals surface area contributed by atoms with E-state index in [9.17, 15) is 4.79 Å². The molecular weight excluding hydrogens is 230 g/mol. The van der Waals surface area contributed by atoms with Gasteiger partial charge < -0.3 is 0 Å². The summed E-state index contributed by atoms with van der Waals surface area (Å²) in [5.41, 5.74) is 4.90. The molecule has 0 aliphatic rings. The van der Waals surface area contributed by atoms with Gasteiger partial charge in [-0.05, 0) is 25.0 Å². The zero-order valence-corrected chi connectivity index (χ0v) is 10.1. The topological polar surface area (TPSA) is 83.0 Å². The first kappa shape index (κ1) is 12.0. The van der Waals surface area contributed by atoms with Crippen LogP contribution in [0.1, 0.15) is 16.8 Å². The zero-order valence-electron chi connectivity index (χ0n) is 10.1. The summed E-state index contributed by atoms with van der Waals surface area (Å²) in [6, 6.07) is 7.86. The predicted octanol–water partition coefficient (Wildman–Crippen LogP) is 1.23. The van der Waals surface area contributed by atoms with Crippen molar-refractivity contribution in [2.75, 3.05) is 5.43 Å². The van der Waals surface area contributed by atoms with Gasteiger partial charge in [-0.3, -0.25) is 5.43 Å². The number of hydrogen-bond donors (Lipinski definition) is 2. The molecule has 0 aliphatic heterocycles. The summed E-state index contributed by atoms with van der Waals surface area (Å²) in [6.45, 7) is 3.73. The lowest BCUT2D eigenvalue weighted by Crippen LogP contribution is -2.15. The largest absolute Gasteiger partial charge is 0.363 e. The molecule has 0 fully saturated rings. The number of nitrogens with zero attached hydrogens (tertiary/aromatic N) is 3. The van der Waals surface area contributed by atoms with Crippen LogP contribution in [0.15, 0.2) is 34.2 Å². The van der Waals surface area contributed by atoms with Crippen molar-refractivity contribution in [3.63, 3.8) is 0 Å². The second-order valence-electron chi connectivity index (χ2n) is 3.80. The van der Waals surface area contributed by atoms with E-state index < -0.39 is 5.69 Å². The van der Waals surface area contributed by atoms with Crippen LogP contribution in [-0.4, -0.2) is 21.4 Å².